The van der Waals surface area contributed by atoms with Gasteiger partial charge in [-0.2, -0.15) is 0 Å². The number of nitrogens with zero attached hydrogens (tertiary/aromatic N) is 3. The maximum atomic E-state index is 12.2. The van der Waals surface area contributed by atoms with Crippen LogP contribution in [0.2, 0.25) is 0 Å². The average molecular weight is 333 g/mol. The molecule has 2 saturated heterocycles. The Hall–Kier alpha value is -2.03. The van der Waals surface area contributed by atoms with Gasteiger partial charge in [-0.3, -0.25) is 24.7 Å². The van der Waals surface area contributed by atoms with Crippen molar-refractivity contribution in [1.29, 1.82) is 0 Å². The predicted octanol–water partition coefficient (Wildman–Crippen LogP) is 0.513. The van der Waals surface area contributed by atoms with E-state index in [1.165, 1.54) is 12.5 Å². The van der Waals surface area contributed by atoms with Crippen LogP contribution in [0.5, 0.6) is 0 Å². The Balaban J connectivity index is 1.48. The number of nitro benzene ring substituents is 1. The van der Waals surface area contributed by atoms with E-state index in [2.05, 4.69) is 20.4 Å². The van der Waals surface area contributed by atoms with Gasteiger partial charge in [0, 0.05) is 44.8 Å². The molecule has 3 rings (SSSR count). The molecule has 1 unspecified atom stereocenters. The number of rotatable bonds is 5. The first kappa shape index (κ1) is 16.8. The number of carbonyl (C=O) groups is 1. The van der Waals surface area contributed by atoms with Crippen LogP contribution in [0.4, 0.5) is 11.4 Å². The van der Waals surface area contributed by atoms with Crippen molar-refractivity contribution in [3.63, 3.8) is 0 Å². The molecule has 130 valence electrons. The summed E-state index contributed by atoms with van der Waals surface area (Å²) in [5.41, 5.74) is 0.174. The Labute approximate surface area is 141 Å². The third-order valence-electron chi connectivity index (χ3n) is 4.70. The van der Waals surface area contributed by atoms with E-state index in [0.717, 1.165) is 39.3 Å². The van der Waals surface area contributed by atoms with Crippen molar-refractivity contribution in [2.45, 2.75) is 12.5 Å². The fourth-order valence-corrected chi connectivity index (χ4v) is 3.37. The standard InChI is InChI=1S/C16H23N5O3/c22-16(18-14-3-1-2-4-15(14)21(23)24)12-19-7-9-20(10-8-19)13-5-6-17-11-13/h1-4,13,17H,5-12H2,(H,18,22). The van der Waals surface area contributed by atoms with E-state index >= 15 is 0 Å². The molecule has 0 bridgehead atoms. The first-order chi connectivity index (χ1) is 11.6. The van der Waals surface area contributed by atoms with Crippen LogP contribution in [0, 0.1) is 10.1 Å². The summed E-state index contributed by atoms with van der Waals surface area (Å²) < 4.78 is 0. The third-order valence-corrected chi connectivity index (χ3v) is 4.70. The Kier molecular flexibility index (Phi) is 5.39. The van der Waals surface area contributed by atoms with Crippen LogP contribution in [0.15, 0.2) is 24.3 Å². The molecule has 0 radical (unpaired) electrons. The molecule has 8 nitrogen and oxygen atoms in total. The highest BCUT2D eigenvalue weighted by atomic mass is 16.6. The maximum absolute atomic E-state index is 12.2. The van der Waals surface area contributed by atoms with E-state index in [9.17, 15) is 14.9 Å². The van der Waals surface area contributed by atoms with E-state index in [0.29, 0.717) is 6.04 Å². The highest BCUT2D eigenvalue weighted by Gasteiger charge is 2.26. The molecule has 0 saturated carbocycles. The number of piperazine rings is 1. The van der Waals surface area contributed by atoms with E-state index in [-0.39, 0.29) is 23.8 Å². The number of benzene rings is 1. The molecule has 2 aliphatic rings. The number of amides is 1. The van der Waals surface area contributed by atoms with Crippen LogP contribution >= 0.6 is 0 Å². The van der Waals surface area contributed by atoms with Gasteiger partial charge >= 0.3 is 0 Å². The summed E-state index contributed by atoms with van der Waals surface area (Å²) in [4.78, 5) is 27.3. The van der Waals surface area contributed by atoms with Crippen LogP contribution in [0.3, 0.4) is 0 Å². The SMILES string of the molecule is O=C(CN1CCN(C2CCNC2)CC1)Nc1ccccc1[N+](=O)[O-]. The summed E-state index contributed by atoms with van der Waals surface area (Å²) in [5.74, 6) is -0.208. The van der Waals surface area contributed by atoms with Gasteiger partial charge in [-0.1, -0.05) is 12.1 Å². The molecule has 0 spiro atoms. The number of hydrogen-bond donors (Lipinski definition) is 2. The first-order valence-electron chi connectivity index (χ1n) is 8.34. The molecule has 2 heterocycles. The van der Waals surface area contributed by atoms with Crippen LogP contribution in [0.1, 0.15) is 6.42 Å². The number of para-hydroxylation sites is 2. The van der Waals surface area contributed by atoms with Crippen LogP contribution in [-0.2, 0) is 4.79 Å². The summed E-state index contributed by atoms with van der Waals surface area (Å²) in [6, 6.07) is 6.83. The van der Waals surface area contributed by atoms with Crippen molar-refractivity contribution in [2.24, 2.45) is 0 Å². The summed E-state index contributed by atoms with van der Waals surface area (Å²) in [7, 11) is 0. The fourth-order valence-electron chi connectivity index (χ4n) is 3.37. The minimum Gasteiger partial charge on any atom is -0.319 e. The Morgan fingerprint density at radius 2 is 2.04 bits per heavy atom. The molecule has 1 aromatic carbocycles. The zero-order valence-corrected chi connectivity index (χ0v) is 13.6. The van der Waals surface area contributed by atoms with E-state index in [1.54, 1.807) is 18.2 Å². The molecule has 0 aromatic heterocycles. The molecule has 0 aliphatic carbocycles. The molecule has 1 amide bonds. The van der Waals surface area contributed by atoms with E-state index in [1.807, 2.05) is 0 Å². The number of nitro groups is 1. The Morgan fingerprint density at radius 1 is 1.29 bits per heavy atom. The number of nitrogens with one attached hydrogen (secondary N) is 2. The summed E-state index contributed by atoms with van der Waals surface area (Å²) in [6.07, 6.45) is 1.19. The van der Waals surface area contributed by atoms with Crippen molar-refractivity contribution in [3.8, 4) is 0 Å². The lowest BCUT2D eigenvalue weighted by Crippen LogP contribution is -2.52. The normalized spacial score (nSPS) is 22.4. The lowest BCUT2D eigenvalue weighted by Gasteiger charge is -2.37. The lowest BCUT2D eigenvalue weighted by molar-refractivity contribution is -0.383. The monoisotopic (exact) mass is 333 g/mol. The maximum Gasteiger partial charge on any atom is 0.292 e. The molecular weight excluding hydrogens is 310 g/mol. The van der Waals surface area contributed by atoms with Crippen LogP contribution in [0.25, 0.3) is 0 Å². The Bertz CT molecular complexity index is 595. The van der Waals surface area contributed by atoms with Gasteiger partial charge in [0.1, 0.15) is 5.69 Å². The van der Waals surface area contributed by atoms with Crippen molar-refractivity contribution in [2.75, 3.05) is 51.1 Å². The largest absolute Gasteiger partial charge is 0.319 e. The average Bonchev–Trinajstić information content (AvgIpc) is 3.10. The Morgan fingerprint density at radius 3 is 2.71 bits per heavy atom. The van der Waals surface area contributed by atoms with Gasteiger partial charge in [0.25, 0.3) is 5.69 Å². The molecule has 24 heavy (non-hydrogen) atoms. The summed E-state index contributed by atoms with van der Waals surface area (Å²) in [6.45, 7) is 6.03. The lowest BCUT2D eigenvalue weighted by atomic mass is 10.2. The van der Waals surface area contributed by atoms with E-state index in [4.69, 9.17) is 0 Å². The highest BCUT2D eigenvalue weighted by Crippen LogP contribution is 2.23. The number of hydrogen-bond acceptors (Lipinski definition) is 6. The highest BCUT2D eigenvalue weighted by molar-refractivity contribution is 5.94. The molecule has 2 fully saturated rings. The van der Waals surface area contributed by atoms with Gasteiger partial charge in [-0.25, -0.2) is 0 Å². The van der Waals surface area contributed by atoms with E-state index < -0.39 is 4.92 Å². The van der Waals surface area contributed by atoms with Crippen molar-refractivity contribution in [3.05, 3.63) is 34.4 Å². The molecule has 2 N–H and O–H groups in total. The van der Waals surface area contributed by atoms with Gasteiger partial charge in [0.2, 0.25) is 5.91 Å². The predicted molar refractivity (Wildman–Crippen MR) is 91.0 cm³/mol. The minimum atomic E-state index is -0.482. The van der Waals surface area contributed by atoms with Gasteiger partial charge in [-0.15, -0.1) is 0 Å². The van der Waals surface area contributed by atoms with Crippen molar-refractivity contribution < 1.29 is 9.72 Å². The van der Waals surface area contributed by atoms with Crippen LogP contribution < -0.4 is 10.6 Å². The molecule has 1 aromatic rings. The number of carbonyl (C=O) groups excluding carboxylic acids is 1. The quantitative estimate of drug-likeness (QED) is 0.603. The van der Waals surface area contributed by atoms with Crippen molar-refractivity contribution in [1.82, 2.24) is 15.1 Å². The summed E-state index contributed by atoms with van der Waals surface area (Å²) in [5, 5.41) is 17.0. The third kappa shape index (κ3) is 4.08. The van der Waals surface area contributed by atoms with Crippen molar-refractivity contribution >= 4 is 17.3 Å². The van der Waals surface area contributed by atoms with Gasteiger partial charge in [0.05, 0.1) is 11.5 Å². The zero-order chi connectivity index (χ0) is 16.9. The molecular formula is C16H23N5O3. The van der Waals surface area contributed by atoms with Gasteiger partial charge in [0.15, 0.2) is 0 Å². The topological polar surface area (TPSA) is 90.8 Å². The summed E-state index contributed by atoms with van der Waals surface area (Å²) >= 11 is 0. The second-order valence-corrected chi connectivity index (χ2v) is 6.28. The second kappa shape index (κ2) is 7.69. The van der Waals surface area contributed by atoms with Gasteiger partial charge < -0.3 is 10.6 Å². The van der Waals surface area contributed by atoms with Crippen LogP contribution in [-0.4, -0.2) is 72.5 Å². The second-order valence-electron chi connectivity index (χ2n) is 6.28. The molecule has 2 aliphatic heterocycles. The fraction of sp³-hybridized carbons (Fsp3) is 0.562. The molecule has 8 heteroatoms. The minimum absolute atomic E-state index is 0.0793. The smallest absolute Gasteiger partial charge is 0.292 e. The number of anilines is 1. The first-order valence-corrected chi connectivity index (χ1v) is 8.34. The van der Waals surface area contributed by atoms with Gasteiger partial charge in [-0.05, 0) is 19.0 Å². The zero-order valence-electron chi connectivity index (χ0n) is 13.6. The molecule has 1 atom stereocenters.